The molecule has 2 aromatic heterocycles. The van der Waals surface area contributed by atoms with E-state index in [2.05, 4.69) is 5.32 Å². The van der Waals surface area contributed by atoms with Crippen molar-refractivity contribution in [2.24, 2.45) is 0 Å². The summed E-state index contributed by atoms with van der Waals surface area (Å²) < 4.78 is 3.13. The molecule has 0 bridgehead atoms. The lowest BCUT2D eigenvalue weighted by molar-refractivity contribution is 0.101. The number of carbonyl (C=O) groups excluding carboxylic acids is 1. The fourth-order valence-corrected chi connectivity index (χ4v) is 2.51. The van der Waals surface area contributed by atoms with Crippen molar-refractivity contribution in [3.8, 4) is 0 Å². The second kappa shape index (κ2) is 6.37. The van der Waals surface area contributed by atoms with Crippen LogP contribution in [0.25, 0.3) is 0 Å². The number of aromatic nitrogens is 2. The standard InChI is InChI=1S/C14H15Cl2N3O2/c1-3-18-8-9(5-6-12(18)20)17-14(21)11-7-10(15)13(16)19(11)4-2/h5-8H,3-4H2,1-2H3,(H,17,21). The predicted molar refractivity (Wildman–Crippen MR) is 84.5 cm³/mol. The highest BCUT2D eigenvalue weighted by molar-refractivity contribution is 6.42. The number of rotatable bonds is 4. The maximum absolute atomic E-state index is 12.3. The Morgan fingerprint density at radius 3 is 2.57 bits per heavy atom. The molecule has 5 nitrogen and oxygen atoms in total. The Hall–Kier alpha value is -1.72. The van der Waals surface area contributed by atoms with Gasteiger partial charge in [0.1, 0.15) is 10.8 Å². The number of halogens is 2. The van der Waals surface area contributed by atoms with Crippen LogP contribution in [0.5, 0.6) is 0 Å². The average molecular weight is 328 g/mol. The molecule has 2 rings (SSSR count). The molecule has 0 radical (unpaired) electrons. The van der Waals surface area contributed by atoms with E-state index in [1.165, 1.54) is 16.7 Å². The van der Waals surface area contributed by atoms with Gasteiger partial charge in [-0.25, -0.2) is 0 Å². The fraction of sp³-hybridized carbons (Fsp3) is 0.286. The summed E-state index contributed by atoms with van der Waals surface area (Å²) in [5.41, 5.74) is 0.804. The molecular formula is C14H15Cl2N3O2. The molecule has 2 aromatic rings. The summed E-state index contributed by atoms with van der Waals surface area (Å²) in [5.74, 6) is -0.327. The summed E-state index contributed by atoms with van der Waals surface area (Å²) in [6.45, 7) is 4.79. The maximum atomic E-state index is 12.3. The van der Waals surface area contributed by atoms with Gasteiger partial charge in [0.2, 0.25) is 0 Å². The molecule has 0 aliphatic rings. The highest BCUT2D eigenvalue weighted by Crippen LogP contribution is 2.26. The molecule has 0 saturated heterocycles. The van der Waals surface area contributed by atoms with Gasteiger partial charge in [0.05, 0.1) is 10.7 Å². The van der Waals surface area contributed by atoms with Crippen LogP contribution in [0.1, 0.15) is 24.3 Å². The highest BCUT2D eigenvalue weighted by atomic mass is 35.5. The zero-order valence-corrected chi connectivity index (χ0v) is 13.2. The summed E-state index contributed by atoms with van der Waals surface area (Å²) in [5, 5.41) is 3.41. The molecule has 112 valence electrons. The number of nitrogens with one attached hydrogen (secondary N) is 1. The van der Waals surface area contributed by atoms with Gasteiger partial charge < -0.3 is 14.5 Å². The van der Waals surface area contributed by atoms with Crippen LogP contribution in [0.4, 0.5) is 5.69 Å². The van der Waals surface area contributed by atoms with Crippen LogP contribution in [-0.2, 0) is 13.1 Å². The summed E-state index contributed by atoms with van der Waals surface area (Å²) in [6.07, 6.45) is 1.60. The van der Waals surface area contributed by atoms with Gasteiger partial charge in [0.25, 0.3) is 11.5 Å². The van der Waals surface area contributed by atoms with E-state index in [9.17, 15) is 9.59 Å². The molecule has 0 saturated carbocycles. The third kappa shape index (κ3) is 3.14. The molecular weight excluding hydrogens is 313 g/mol. The second-order valence-electron chi connectivity index (χ2n) is 4.41. The maximum Gasteiger partial charge on any atom is 0.272 e. The Bertz CT molecular complexity index is 734. The lowest BCUT2D eigenvalue weighted by Gasteiger charge is -2.10. The third-order valence-electron chi connectivity index (χ3n) is 3.12. The van der Waals surface area contributed by atoms with Crippen LogP contribution in [0.2, 0.25) is 10.2 Å². The summed E-state index contributed by atoms with van der Waals surface area (Å²) in [4.78, 5) is 23.8. The third-order valence-corrected chi connectivity index (χ3v) is 3.91. The smallest absolute Gasteiger partial charge is 0.272 e. The molecule has 7 heteroatoms. The van der Waals surface area contributed by atoms with E-state index in [4.69, 9.17) is 23.2 Å². The zero-order chi connectivity index (χ0) is 15.6. The van der Waals surface area contributed by atoms with E-state index in [1.807, 2.05) is 13.8 Å². The van der Waals surface area contributed by atoms with Gasteiger partial charge in [-0.15, -0.1) is 0 Å². The van der Waals surface area contributed by atoms with Gasteiger partial charge in [-0.3, -0.25) is 9.59 Å². The molecule has 0 atom stereocenters. The Morgan fingerprint density at radius 2 is 1.95 bits per heavy atom. The van der Waals surface area contributed by atoms with Crippen molar-refractivity contribution in [3.63, 3.8) is 0 Å². The average Bonchev–Trinajstić information content (AvgIpc) is 2.76. The van der Waals surface area contributed by atoms with E-state index < -0.39 is 0 Å². The van der Waals surface area contributed by atoms with Crippen LogP contribution in [0.3, 0.4) is 0 Å². The van der Waals surface area contributed by atoms with Crippen LogP contribution >= 0.6 is 23.2 Å². The molecule has 2 heterocycles. The quantitative estimate of drug-likeness (QED) is 0.937. The molecule has 0 fully saturated rings. The number of nitrogens with zero attached hydrogens (tertiary/aromatic N) is 2. The summed E-state index contributed by atoms with van der Waals surface area (Å²) >= 11 is 12.0. The second-order valence-corrected chi connectivity index (χ2v) is 5.17. The first-order valence-corrected chi connectivity index (χ1v) is 7.29. The lowest BCUT2D eigenvalue weighted by Crippen LogP contribution is -2.21. The van der Waals surface area contributed by atoms with Crippen molar-refractivity contribution in [1.29, 1.82) is 0 Å². The van der Waals surface area contributed by atoms with Gasteiger partial charge in [0, 0.05) is 25.4 Å². The van der Waals surface area contributed by atoms with Crippen molar-refractivity contribution < 1.29 is 4.79 Å². The van der Waals surface area contributed by atoms with Crippen molar-refractivity contribution in [2.75, 3.05) is 5.32 Å². The predicted octanol–water partition coefficient (Wildman–Crippen LogP) is 3.25. The number of carbonyl (C=O) groups is 1. The minimum atomic E-state index is -0.327. The van der Waals surface area contributed by atoms with Gasteiger partial charge >= 0.3 is 0 Å². The first kappa shape index (κ1) is 15.7. The number of anilines is 1. The zero-order valence-electron chi connectivity index (χ0n) is 11.7. The molecule has 0 spiro atoms. The minimum Gasteiger partial charge on any atom is -0.327 e. The summed E-state index contributed by atoms with van der Waals surface area (Å²) in [6, 6.07) is 4.51. The monoisotopic (exact) mass is 327 g/mol. The molecule has 0 unspecified atom stereocenters. The van der Waals surface area contributed by atoms with E-state index >= 15 is 0 Å². The number of amides is 1. The van der Waals surface area contributed by atoms with Crippen LogP contribution < -0.4 is 10.9 Å². The summed E-state index contributed by atoms with van der Waals surface area (Å²) in [7, 11) is 0. The van der Waals surface area contributed by atoms with Crippen molar-refractivity contribution in [1.82, 2.24) is 9.13 Å². The van der Waals surface area contributed by atoms with Gasteiger partial charge in [-0.2, -0.15) is 0 Å². The minimum absolute atomic E-state index is 0.112. The molecule has 1 amide bonds. The molecule has 0 aromatic carbocycles. The van der Waals surface area contributed by atoms with E-state index in [1.54, 1.807) is 16.8 Å². The van der Waals surface area contributed by atoms with Crippen LogP contribution in [0.15, 0.2) is 29.2 Å². The van der Waals surface area contributed by atoms with Gasteiger partial charge in [-0.05, 0) is 26.0 Å². The molecule has 21 heavy (non-hydrogen) atoms. The van der Waals surface area contributed by atoms with Crippen LogP contribution in [-0.4, -0.2) is 15.0 Å². The Morgan fingerprint density at radius 1 is 1.24 bits per heavy atom. The fourth-order valence-electron chi connectivity index (χ4n) is 2.04. The van der Waals surface area contributed by atoms with Crippen molar-refractivity contribution in [2.45, 2.75) is 26.9 Å². The van der Waals surface area contributed by atoms with Crippen molar-refractivity contribution in [3.05, 3.63) is 50.6 Å². The first-order valence-electron chi connectivity index (χ1n) is 6.54. The Kier molecular flexibility index (Phi) is 4.75. The Labute approximate surface area is 132 Å². The van der Waals surface area contributed by atoms with Crippen molar-refractivity contribution >= 4 is 34.8 Å². The number of pyridine rings is 1. The molecule has 1 N–H and O–H groups in total. The first-order chi connectivity index (χ1) is 9.97. The topological polar surface area (TPSA) is 56.0 Å². The largest absolute Gasteiger partial charge is 0.327 e. The van der Waals surface area contributed by atoms with Gasteiger partial charge in [0.15, 0.2) is 0 Å². The SMILES string of the molecule is CCn1c(C(=O)Nc2ccc(=O)n(CC)c2)cc(Cl)c1Cl. The van der Waals surface area contributed by atoms with E-state index in [-0.39, 0.29) is 11.5 Å². The van der Waals surface area contributed by atoms with Gasteiger partial charge in [-0.1, -0.05) is 23.2 Å². The lowest BCUT2D eigenvalue weighted by atomic mass is 10.3. The van der Waals surface area contributed by atoms with E-state index in [0.29, 0.717) is 34.6 Å². The normalized spacial score (nSPS) is 10.7. The number of hydrogen-bond acceptors (Lipinski definition) is 2. The number of aryl methyl sites for hydroxylation is 1. The molecule has 0 aliphatic heterocycles. The molecule has 0 aliphatic carbocycles. The number of hydrogen-bond donors (Lipinski definition) is 1. The Balaban J connectivity index is 2.30. The van der Waals surface area contributed by atoms with E-state index in [0.717, 1.165) is 0 Å². The highest BCUT2D eigenvalue weighted by Gasteiger charge is 2.17. The van der Waals surface area contributed by atoms with Crippen LogP contribution in [0, 0.1) is 0 Å².